The predicted molar refractivity (Wildman–Crippen MR) is 347 cm³/mol. The molecule has 0 aliphatic heterocycles. The Kier molecular flexibility index (Phi) is 10.3. The maximum atomic E-state index is 2.56. The Balaban J connectivity index is 0.951. The molecule has 13 aromatic carbocycles. The van der Waals surface area contributed by atoms with Gasteiger partial charge in [0.25, 0.3) is 0 Å². The minimum absolute atomic E-state index is 1.09. The van der Waals surface area contributed by atoms with Crippen molar-refractivity contribution in [2.24, 2.45) is 0 Å². The first-order valence-electron chi connectivity index (χ1n) is 28.3. The number of anilines is 6. The summed E-state index contributed by atoms with van der Waals surface area (Å²) in [4.78, 5) is 5.06. The maximum absolute atomic E-state index is 2.56. The van der Waals surface area contributed by atoms with Crippen molar-refractivity contribution in [3.8, 4) is 44.5 Å². The molecule has 0 unspecified atom stereocenters. The topological polar surface area (TPSA) is 15.3 Å². The molecule has 4 heterocycles. The largest absolute Gasteiger partial charge is 0.309 e. The molecule has 4 heteroatoms. The Morgan fingerprint density at radius 1 is 0.220 bits per heavy atom. The van der Waals surface area contributed by atoms with E-state index in [-0.39, 0.29) is 0 Å². The van der Waals surface area contributed by atoms with Crippen LogP contribution in [0.2, 0.25) is 0 Å². The third-order valence-corrected chi connectivity index (χ3v) is 17.1. The van der Waals surface area contributed by atoms with Crippen molar-refractivity contribution in [3.63, 3.8) is 0 Å². The first-order chi connectivity index (χ1) is 40.8. The molecule has 4 nitrogen and oxygen atoms in total. The first kappa shape index (κ1) is 46.0. The van der Waals surface area contributed by atoms with E-state index in [1.807, 2.05) is 0 Å². The van der Waals surface area contributed by atoms with Crippen LogP contribution in [0.3, 0.4) is 0 Å². The van der Waals surface area contributed by atoms with Crippen LogP contribution < -0.4 is 9.80 Å². The zero-order valence-electron chi connectivity index (χ0n) is 44.7. The zero-order valence-corrected chi connectivity index (χ0v) is 44.7. The van der Waals surface area contributed by atoms with E-state index in [9.17, 15) is 0 Å². The summed E-state index contributed by atoms with van der Waals surface area (Å²) >= 11 is 0. The van der Waals surface area contributed by atoms with E-state index in [1.54, 1.807) is 0 Å². The highest BCUT2D eigenvalue weighted by Crippen LogP contribution is 2.55. The summed E-state index contributed by atoms with van der Waals surface area (Å²) in [5.74, 6) is 0. The van der Waals surface area contributed by atoms with E-state index in [0.717, 1.165) is 56.4 Å². The molecule has 17 rings (SSSR count). The van der Waals surface area contributed by atoms with Gasteiger partial charge in [0.05, 0.1) is 55.8 Å². The van der Waals surface area contributed by atoms with Crippen LogP contribution in [0.4, 0.5) is 34.1 Å². The number of benzene rings is 13. The lowest BCUT2D eigenvalue weighted by molar-refractivity contribution is 1.30. The van der Waals surface area contributed by atoms with E-state index in [0.29, 0.717) is 0 Å². The molecular weight excluding hydrogens is 993 g/mol. The summed E-state index contributed by atoms with van der Waals surface area (Å²) in [5, 5.41) is 9.79. The van der Waals surface area contributed by atoms with Gasteiger partial charge in [0, 0.05) is 76.7 Å². The molecule has 4 aromatic heterocycles. The molecule has 0 saturated heterocycles. The average Bonchev–Trinajstić information content (AvgIpc) is 3.81. The lowest BCUT2D eigenvalue weighted by Gasteiger charge is -2.31. The highest BCUT2D eigenvalue weighted by atomic mass is 15.2. The summed E-state index contributed by atoms with van der Waals surface area (Å²) in [6.07, 6.45) is 0. The average molecular weight is 1040 g/mol. The second-order valence-corrected chi connectivity index (χ2v) is 21.5. The molecule has 0 aliphatic carbocycles. The number of hydrogen-bond acceptors (Lipinski definition) is 2. The molecular formula is C78H50N4. The van der Waals surface area contributed by atoms with Crippen LogP contribution in [-0.4, -0.2) is 8.80 Å². The smallest absolute Gasteiger partial charge is 0.0641 e. The van der Waals surface area contributed by atoms with Crippen molar-refractivity contribution in [1.82, 2.24) is 8.80 Å². The van der Waals surface area contributed by atoms with Crippen LogP contribution >= 0.6 is 0 Å². The van der Waals surface area contributed by atoms with Gasteiger partial charge >= 0.3 is 0 Å². The van der Waals surface area contributed by atoms with Gasteiger partial charge in [-0.25, -0.2) is 0 Å². The van der Waals surface area contributed by atoms with Crippen LogP contribution in [-0.2, 0) is 0 Å². The molecule has 382 valence electrons. The second-order valence-electron chi connectivity index (χ2n) is 21.5. The van der Waals surface area contributed by atoms with Gasteiger partial charge in [-0.15, -0.1) is 0 Å². The molecule has 0 amide bonds. The van der Waals surface area contributed by atoms with Gasteiger partial charge in [-0.05, 0) is 82.9 Å². The van der Waals surface area contributed by atoms with E-state index in [1.165, 1.54) is 98.4 Å². The Morgan fingerprint density at radius 2 is 0.524 bits per heavy atom. The van der Waals surface area contributed by atoms with Crippen LogP contribution in [0.15, 0.2) is 303 Å². The SMILES string of the molecule is c1ccc(-c2cccc(-c3ccccc3)c2N(c2ccccc2)c2ccc3c4cc5c(cc4n4c6ccccc6c2c34)c2ccc(N(c3ccccc3)c3c(-c4ccccc4)cccc3-c3ccccc3)c3c4ccccc4n5c23)cc1. The van der Waals surface area contributed by atoms with Crippen molar-refractivity contribution in [2.45, 2.75) is 0 Å². The van der Waals surface area contributed by atoms with Crippen LogP contribution in [0, 0.1) is 0 Å². The Bertz CT molecular complexity index is 4800. The highest BCUT2D eigenvalue weighted by Gasteiger charge is 2.31. The first-order valence-corrected chi connectivity index (χ1v) is 28.3. The molecule has 0 N–H and O–H groups in total. The van der Waals surface area contributed by atoms with Gasteiger partial charge in [0.1, 0.15) is 0 Å². The molecule has 0 atom stereocenters. The third kappa shape index (κ3) is 6.79. The lowest BCUT2D eigenvalue weighted by atomic mass is 9.93. The molecule has 0 aliphatic rings. The fourth-order valence-electron chi connectivity index (χ4n) is 13.7. The highest BCUT2D eigenvalue weighted by molar-refractivity contribution is 6.32. The van der Waals surface area contributed by atoms with Gasteiger partial charge in [0.15, 0.2) is 0 Å². The Hall–Kier alpha value is -10.9. The summed E-state index contributed by atoms with van der Waals surface area (Å²) in [6, 6.07) is 111. The fourth-order valence-corrected chi connectivity index (χ4v) is 13.7. The second kappa shape index (κ2) is 18.3. The van der Waals surface area contributed by atoms with Crippen LogP contribution in [0.1, 0.15) is 0 Å². The molecule has 0 radical (unpaired) electrons. The van der Waals surface area contributed by atoms with Crippen molar-refractivity contribution in [3.05, 3.63) is 303 Å². The van der Waals surface area contributed by atoms with Crippen molar-refractivity contribution in [1.29, 1.82) is 0 Å². The van der Waals surface area contributed by atoms with E-state index >= 15 is 0 Å². The quantitative estimate of drug-likeness (QED) is 0.136. The van der Waals surface area contributed by atoms with E-state index in [2.05, 4.69) is 322 Å². The summed E-state index contributed by atoms with van der Waals surface area (Å²) in [6.45, 7) is 0. The number of rotatable bonds is 10. The van der Waals surface area contributed by atoms with Crippen LogP contribution in [0.5, 0.6) is 0 Å². The minimum Gasteiger partial charge on any atom is -0.309 e. The molecule has 82 heavy (non-hydrogen) atoms. The number of nitrogens with zero attached hydrogens (tertiary/aromatic N) is 4. The van der Waals surface area contributed by atoms with Gasteiger partial charge < -0.3 is 18.6 Å². The molecule has 17 aromatic rings. The Morgan fingerprint density at radius 3 is 0.866 bits per heavy atom. The van der Waals surface area contributed by atoms with E-state index < -0.39 is 0 Å². The van der Waals surface area contributed by atoms with Gasteiger partial charge in [-0.3, -0.25) is 0 Å². The normalized spacial score (nSPS) is 11.9. The monoisotopic (exact) mass is 1040 g/mol. The van der Waals surface area contributed by atoms with E-state index in [4.69, 9.17) is 0 Å². The van der Waals surface area contributed by atoms with Crippen LogP contribution in [0.25, 0.3) is 121 Å². The minimum atomic E-state index is 1.09. The molecule has 0 bridgehead atoms. The van der Waals surface area contributed by atoms with Gasteiger partial charge in [-0.2, -0.15) is 0 Å². The molecule has 0 spiro atoms. The molecule has 0 fully saturated rings. The lowest BCUT2D eigenvalue weighted by Crippen LogP contribution is -2.13. The van der Waals surface area contributed by atoms with Crippen molar-refractivity contribution in [2.75, 3.05) is 9.80 Å². The summed E-state index contributed by atoms with van der Waals surface area (Å²) in [5.41, 5.74) is 23.2. The van der Waals surface area contributed by atoms with Crippen molar-refractivity contribution >= 4 is 110 Å². The number of aromatic nitrogens is 2. The summed E-state index contributed by atoms with van der Waals surface area (Å²) < 4.78 is 5.12. The zero-order chi connectivity index (χ0) is 53.8. The van der Waals surface area contributed by atoms with Gasteiger partial charge in [-0.1, -0.05) is 243 Å². The molecule has 0 saturated carbocycles. The number of para-hydroxylation sites is 6. The van der Waals surface area contributed by atoms with Crippen molar-refractivity contribution < 1.29 is 0 Å². The standard InChI is InChI=1S/C78H50N4/c1-7-25-51(26-8-1)57-39-23-40-58(52-27-9-2-10-28-52)75(57)79(55-33-15-5-16-34-55)69-47-45-61-65-49-72-66(50-71(65)81-67-43-21-19-37-63(67)73(69)77(61)81)62-46-48-70(74-64-38-20-22-44-68(64)82(72)78(62)74)80(56-35-17-6-18-36-56)76-59(53-29-11-3-12-30-53)41-24-42-60(76)54-31-13-4-14-32-54/h1-50H. The number of fused-ring (bicyclic) bond motifs is 12. The number of hydrogen-bond donors (Lipinski definition) is 0. The predicted octanol–water partition coefficient (Wildman–Crippen LogP) is 21.6. The maximum Gasteiger partial charge on any atom is 0.0641 e. The summed E-state index contributed by atoms with van der Waals surface area (Å²) in [7, 11) is 0. The Labute approximate surface area is 474 Å². The van der Waals surface area contributed by atoms with Gasteiger partial charge in [0.2, 0.25) is 0 Å². The fraction of sp³-hybridized carbons (Fsp3) is 0. The third-order valence-electron chi connectivity index (χ3n) is 17.1.